The van der Waals surface area contributed by atoms with Crippen LogP contribution in [0.5, 0.6) is 0 Å². The van der Waals surface area contributed by atoms with Gasteiger partial charge in [-0.2, -0.15) is 0 Å². The minimum Gasteiger partial charge on any atom is -0.380 e. The molecule has 0 saturated heterocycles. The summed E-state index contributed by atoms with van der Waals surface area (Å²) in [6.45, 7) is 13.6. The average Bonchev–Trinajstić information content (AvgIpc) is 2.44. The first-order valence-electron chi connectivity index (χ1n) is 7.76. The molecule has 20 heavy (non-hydrogen) atoms. The fraction of sp³-hybridized carbons (Fsp3) is 0.750. The highest BCUT2D eigenvalue weighted by molar-refractivity contribution is 7.71. The third-order valence-corrected chi connectivity index (χ3v) is 4.62. The van der Waals surface area contributed by atoms with E-state index in [9.17, 15) is 4.79 Å². The fourth-order valence-electron chi connectivity index (χ4n) is 2.36. The number of anilines is 2. The quantitative estimate of drug-likeness (QED) is 0.552. The Labute approximate surface area is 128 Å². The van der Waals surface area contributed by atoms with Crippen LogP contribution in [-0.2, 0) is 0 Å². The Morgan fingerprint density at radius 2 is 1.80 bits per heavy atom. The summed E-state index contributed by atoms with van der Waals surface area (Å²) in [5.41, 5.74) is 1.70. The van der Waals surface area contributed by atoms with Gasteiger partial charge in [0.1, 0.15) is 10.2 Å². The Bertz CT molecular complexity index is 485. The Hall–Kier alpha value is -0.900. The summed E-state index contributed by atoms with van der Waals surface area (Å²) in [6.07, 6.45) is 2.28. The average molecular weight is 296 g/mol. The first kappa shape index (κ1) is 17.2. The van der Waals surface area contributed by atoms with E-state index in [0.29, 0.717) is 4.51 Å². The van der Waals surface area contributed by atoms with Crippen molar-refractivity contribution in [1.82, 2.24) is 0 Å². The van der Waals surface area contributed by atoms with Crippen LogP contribution in [0.25, 0.3) is 0 Å². The lowest BCUT2D eigenvalue weighted by atomic mass is 9.93. The number of hydrogen-bond donors (Lipinski definition) is 1. The number of rotatable bonds is 9. The zero-order valence-corrected chi connectivity index (χ0v) is 14.3. The van der Waals surface area contributed by atoms with Crippen molar-refractivity contribution in [1.29, 1.82) is 0 Å². The largest absolute Gasteiger partial charge is 0.380 e. The van der Waals surface area contributed by atoms with E-state index in [1.807, 2.05) is 0 Å². The highest BCUT2D eigenvalue weighted by atomic mass is 32.1. The van der Waals surface area contributed by atoms with E-state index in [1.165, 1.54) is 6.42 Å². The molecule has 0 radical (unpaired) electrons. The highest BCUT2D eigenvalue weighted by Gasteiger charge is 2.21. The molecule has 0 amide bonds. The lowest BCUT2D eigenvalue weighted by molar-refractivity contribution is 0.386. The van der Waals surface area contributed by atoms with Crippen LogP contribution < -0.4 is 15.6 Å². The molecule has 1 unspecified atom stereocenters. The molecule has 4 heteroatoms. The van der Waals surface area contributed by atoms with E-state index in [1.54, 1.807) is 0 Å². The van der Waals surface area contributed by atoms with Gasteiger partial charge in [-0.1, -0.05) is 33.0 Å². The minimum absolute atomic E-state index is 0.0128. The minimum atomic E-state index is 0.0128. The maximum Gasteiger partial charge on any atom is 0.223 e. The summed E-state index contributed by atoms with van der Waals surface area (Å²) in [7, 11) is 0. The standard InChI is InChI=1S/C16H28N2OS/c1-6-18(7-2)14-13(15(19)16(14)20)17-10-8-9-12(5)11(3)4/h11-12,17H,6-10H2,1-5H3. The summed E-state index contributed by atoms with van der Waals surface area (Å²) < 4.78 is 0.492. The summed E-state index contributed by atoms with van der Waals surface area (Å²) in [4.78, 5) is 14.0. The van der Waals surface area contributed by atoms with Crippen LogP contribution in [0, 0.1) is 16.3 Å². The van der Waals surface area contributed by atoms with Gasteiger partial charge in [0, 0.05) is 19.6 Å². The molecule has 0 aliphatic rings. The molecular weight excluding hydrogens is 268 g/mol. The lowest BCUT2D eigenvalue weighted by Gasteiger charge is -2.26. The summed E-state index contributed by atoms with van der Waals surface area (Å²) >= 11 is 5.18. The van der Waals surface area contributed by atoms with Crippen LogP contribution in [0.3, 0.4) is 0 Å². The van der Waals surface area contributed by atoms with Crippen molar-refractivity contribution in [2.24, 2.45) is 11.8 Å². The predicted molar refractivity (Wildman–Crippen MR) is 91.2 cm³/mol. The van der Waals surface area contributed by atoms with Crippen LogP contribution in [0.4, 0.5) is 11.4 Å². The van der Waals surface area contributed by atoms with Gasteiger partial charge in [0.15, 0.2) is 0 Å². The van der Waals surface area contributed by atoms with Crippen molar-refractivity contribution in [3.05, 3.63) is 14.7 Å². The molecule has 0 aliphatic carbocycles. The van der Waals surface area contributed by atoms with Crippen molar-refractivity contribution in [2.75, 3.05) is 29.9 Å². The smallest absolute Gasteiger partial charge is 0.223 e. The maximum atomic E-state index is 11.9. The molecule has 1 aromatic rings. The summed E-state index contributed by atoms with van der Waals surface area (Å²) in [5.74, 6) is 1.45. The number of nitrogens with one attached hydrogen (secondary N) is 1. The Kier molecular flexibility index (Phi) is 6.66. The monoisotopic (exact) mass is 296 g/mol. The number of hydrogen-bond acceptors (Lipinski definition) is 4. The van der Waals surface area contributed by atoms with Crippen LogP contribution in [0.1, 0.15) is 47.5 Å². The second-order valence-electron chi connectivity index (χ2n) is 5.84. The normalized spacial score (nSPS) is 12.9. The fourth-order valence-corrected chi connectivity index (χ4v) is 2.69. The maximum absolute atomic E-state index is 11.9. The SMILES string of the molecule is CCN(CC)c1c(NCCCC(C)C(C)C)c(=O)c1=S. The van der Waals surface area contributed by atoms with Gasteiger partial charge >= 0.3 is 0 Å². The van der Waals surface area contributed by atoms with Crippen molar-refractivity contribution >= 4 is 23.6 Å². The molecule has 0 aromatic heterocycles. The first-order valence-corrected chi connectivity index (χ1v) is 8.16. The van der Waals surface area contributed by atoms with Gasteiger partial charge in [-0.3, -0.25) is 4.79 Å². The zero-order valence-electron chi connectivity index (χ0n) is 13.5. The molecule has 1 atom stereocenters. The number of nitrogens with zero attached hydrogens (tertiary/aromatic N) is 1. The highest BCUT2D eigenvalue weighted by Crippen LogP contribution is 2.27. The molecule has 1 rings (SSSR count). The van der Waals surface area contributed by atoms with Crippen LogP contribution in [0.2, 0.25) is 0 Å². The lowest BCUT2D eigenvalue weighted by Crippen LogP contribution is -2.31. The van der Waals surface area contributed by atoms with E-state index < -0.39 is 0 Å². The zero-order chi connectivity index (χ0) is 15.3. The molecule has 3 nitrogen and oxygen atoms in total. The van der Waals surface area contributed by atoms with Crippen molar-refractivity contribution in [3.8, 4) is 0 Å². The molecule has 0 fully saturated rings. The van der Waals surface area contributed by atoms with E-state index in [0.717, 1.165) is 49.3 Å². The van der Waals surface area contributed by atoms with E-state index in [4.69, 9.17) is 12.2 Å². The van der Waals surface area contributed by atoms with Gasteiger partial charge in [0.05, 0.1) is 5.69 Å². The van der Waals surface area contributed by atoms with Crippen molar-refractivity contribution in [3.63, 3.8) is 0 Å². The third-order valence-electron chi connectivity index (χ3n) is 4.24. The second-order valence-corrected chi connectivity index (χ2v) is 6.25. The molecule has 0 aliphatic heterocycles. The predicted octanol–water partition coefficient (Wildman–Crippen LogP) is 3.98. The molecule has 114 valence electrons. The van der Waals surface area contributed by atoms with Crippen LogP contribution in [0.15, 0.2) is 4.79 Å². The van der Waals surface area contributed by atoms with Gasteiger partial charge in [-0.25, -0.2) is 0 Å². The van der Waals surface area contributed by atoms with E-state index in [2.05, 4.69) is 44.8 Å². The van der Waals surface area contributed by atoms with Gasteiger partial charge < -0.3 is 10.2 Å². The van der Waals surface area contributed by atoms with Gasteiger partial charge in [0.25, 0.3) is 0 Å². The van der Waals surface area contributed by atoms with Crippen LogP contribution >= 0.6 is 12.2 Å². The topological polar surface area (TPSA) is 32.3 Å². The second kappa shape index (κ2) is 7.77. The van der Waals surface area contributed by atoms with Gasteiger partial charge in [-0.15, -0.1) is 0 Å². The molecule has 0 bridgehead atoms. The summed E-state index contributed by atoms with van der Waals surface area (Å²) in [6, 6.07) is 0. The molecular formula is C16H28N2OS. The Morgan fingerprint density at radius 1 is 1.20 bits per heavy atom. The Morgan fingerprint density at radius 3 is 2.30 bits per heavy atom. The van der Waals surface area contributed by atoms with Gasteiger partial charge in [-0.05, 0) is 38.5 Å². The summed E-state index contributed by atoms with van der Waals surface area (Å²) in [5, 5.41) is 3.29. The van der Waals surface area contributed by atoms with Crippen LogP contribution in [-0.4, -0.2) is 19.6 Å². The third kappa shape index (κ3) is 3.81. The molecule has 1 N–H and O–H groups in total. The van der Waals surface area contributed by atoms with E-state index in [-0.39, 0.29) is 5.43 Å². The Balaban J connectivity index is 2.55. The van der Waals surface area contributed by atoms with Crippen molar-refractivity contribution in [2.45, 2.75) is 47.5 Å². The van der Waals surface area contributed by atoms with Crippen molar-refractivity contribution < 1.29 is 0 Å². The molecule has 1 aromatic carbocycles. The molecule has 0 spiro atoms. The molecule has 0 saturated carbocycles. The van der Waals surface area contributed by atoms with Gasteiger partial charge in [0.2, 0.25) is 5.43 Å². The first-order chi connectivity index (χ1) is 9.43. The van der Waals surface area contributed by atoms with E-state index >= 15 is 0 Å². The molecule has 0 heterocycles.